The highest BCUT2D eigenvalue weighted by Gasteiger charge is 2.38. The van der Waals surface area contributed by atoms with Crippen molar-refractivity contribution in [1.82, 2.24) is 15.5 Å². The number of carboxylic acid groups (broad SMARTS) is 1. The lowest BCUT2D eigenvalue weighted by molar-refractivity contribution is -0.144. The summed E-state index contributed by atoms with van der Waals surface area (Å²) >= 11 is 0. The van der Waals surface area contributed by atoms with Gasteiger partial charge in [-0.05, 0) is 42.8 Å². The highest BCUT2D eigenvalue weighted by atomic mass is 16.6. The maximum Gasteiger partial charge on any atom is 0.407 e. The van der Waals surface area contributed by atoms with Crippen LogP contribution in [0.15, 0.2) is 48.5 Å². The summed E-state index contributed by atoms with van der Waals surface area (Å²) in [4.78, 5) is 38.4. The number of alkyl carbamates (subject to hydrolysis) is 1. The Bertz CT molecular complexity index is 1030. The van der Waals surface area contributed by atoms with E-state index in [9.17, 15) is 19.5 Å². The first-order valence-electron chi connectivity index (χ1n) is 11.3. The van der Waals surface area contributed by atoms with Gasteiger partial charge < -0.3 is 30.1 Å². The maximum atomic E-state index is 12.7. The molecule has 1 saturated heterocycles. The first kappa shape index (κ1) is 23.7. The lowest BCUT2D eigenvalue weighted by atomic mass is 9.98. The molecule has 34 heavy (non-hydrogen) atoms. The Hall–Kier alpha value is -3.43. The van der Waals surface area contributed by atoms with Crippen LogP contribution in [0.1, 0.15) is 23.5 Å². The summed E-state index contributed by atoms with van der Waals surface area (Å²) in [5, 5.41) is 14.6. The smallest absolute Gasteiger partial charge is 0.407 e. The van der Waals surface area contributed by atoms with Gasteiger partial charge in [-0.15, -0.1) is 0 Å². The average Bonchev–Trinajstić information content (AvgIpc) is 3.39. The van der Waals surface area contributed by atoms with Gasteiger partial charge in [0.2, 0.25) is 0 Å². The van der Waals surface area contributed by atoms with Crippen molar-refractivity contribution in [2.24, 2.45) is 0 Å². The molecule has 9 heteroatoms. The maximum absolute atomic E-state index is 12.7. The van der Waals surface area contributed by atoms with Crippen LogP contribution in [0.4, 0.5) is 4.79 Å². The Morgan fingerprint density at radius 3 is 2.29 bits per heavy atom. The summed E-state index contributed by atoms with van der Waals surface area (Å²) < 4.78 is 11.1. The van der Waals surface area contributed by atoms with Gasteiger partial charge in [-0.2, -0.15) is 0 Å². The molecule has 9 nitrogen and oxygen atoms in total. The van der Waals surface area contributed by atoms with Crippen LogP contribution in [0.3, 0.4) is 0 Å². The first-order valence-corrected chi connectivity index (χ1v) is 11.3. The molecule has 2 aliphatic rings. The van der Waals surface area contributed by atoms with Gasteiger partial charge in [0.05, 0.1) is 6.04 Å². The van der Waals surface area contributed by atoms with Gasteiger partial charge in [-0.1, -0.05) is 48.5 Å². The molecule has 1 fully saturated rings. The number of aliphatic carboxylic acids is 1. The predicted octanol–water partition coefficient (Wildman–Crippen LogP) is 1.81. The van der Waals surface area contributed by atoms with Crippen LogP contribution < -0.4 is 10.6 Å². The molecule has 0 bridgehead atoms. The number of amides is 2. The molecule has 1 aliphatic heterocycles. The highest BCUT2D eigenvalue weighted by molar-refractivity contribution is 5.87. The minimum absolute atomic E-state index is 0.0700. The molecule has 2 unspecified atom stereocenters. The molecule has 1 aliphatic carbocycles. The second kappa shape index (κ2) is 10.2. The van der Waals surface area contributed by atoms with Crippen LogP contribution in [0.2, 0.25) is 0 Å². The van der Waals surface area contributed by atoms with E-state index in [0.29, 0.717) is 6.42 Å². The average molecular weight is 468 g/mol. The van der Waals surface area contributed by atoms with Crippen molar-refractivity contribution in [2.75, 3.05) is 33.9 Å². The fourth-order valence-corrected chi connectivity index (χ4v) is 4.59. The third kappa shape index (κ3) is 5.05. The van der Waals surface area contributed by atoms with E-state index in [1.54, 1.807) is 19.0 Å². The number of fused-ring (bicyclic) bond motifs is 3. The molecule has 0 saturated carbocycles. The van der Waals surface area contributed by atoms with Crippen molar-refractivity contribution in [1.29, 1.82) is 0 Å². The number of rotatable bonds is 8. The monoisotopic (exact) mass is 467 g/mol. The van der Waals surface area contributed by atoms with Gasteiger partial charge in [0.1, 0.15) is 12.6 Å². The van der Waals surface area contributed by atoms with E-state index >= 15 is 0 Å². The molecule has 0 aromatic heterocycles. The zero-order valence-corrected chi connectivity index (χ0v) is 19.2. The molecule has 0 radical (unpaired) electrons. The lowest BCUT2D eigenvalue weighted by Crippen LogP contribution is -2.54. The number of ether oxygens (including phenoxy) is 2. The van der Waals surface area contributed by atoms with Gasteiger partial charge in [-0.3, -0.25) is 4.79 Å². The van der Waals surface area contributed by atoms with E-state index in [1.807, 2.05) is 36.4 Å². The SMILES string of the molecule is CN(C)C[C@H](NC(=O)C1OCCC1NC(=O)OCC1c2ccccc2-c2ccccc21)C(=O)O. The van der Waals surface area contributed by atoms with Crippen molar-refractivity contribution >= 4 is 18.0 Å². The summed E-state index contributed by atoms with van der Waals surface area (Å²) in [6.07, 6.45) is -1.20. The Labute approximate surface area is 198 Å². The number of carbonyl (C=O) groups is 3. The van der Waals surface area contributed by atoms with E-state index in [-0.39, 0.29) is 25.7 Å². The standard InChI is InChI=1S/C25H29N3O6/c1-28(2)13-21(24(30)31)26-23(29)22-20(11-12-33-22)27-25(32)34-14-19-17-9-5-3-7-15(17)16-8-4-6-10-18(16)19/h3-10,19-22H,11-14H2,1-2H3,(H,26,29)(H,27,32)(H,30,31)/t20?,21-,22?/m0/s1. The van der Waals surface area contributed by atoms with Crippen LogP contribution in [0.5, 0.6) is 0 Å². The molecular formula is C25H29N3O6. The van der Waals surface area contributed by atoms with Gasteiger partial charge in [0.15, 0.2) is 6.10 Å². The number of nitrogens with zero attached hydrogens (tertiary/aromatic N) is 1. The summed E-state index contributed by atoms with van der Waals surface area (Å²) in [6, 6.07) is 14.4. The van der Waals surface area contributed by atoms with E-state index in [0.717, 1.165) is 22.3 Å². The fraction of sp³-hybridized carbons (Fsp3) is 0.400. The number of hydrogen-bond acceptors (Lipinski definition) is 6. The minimum atomic E-state index is -1.14. The Morgan fingerprint density at radius 2 is 1.71 bits per heavy atom. The van der Waals surface area contributed by atoms with E-state index in [2.05, 4.69) is 22.8 Å². The molecule has 2 amide bonds. The second-order valence-electron chi connectivity index (χ2n) is 8.82. The lowest BCUT2D eigenvalue weighted by Gasteiger charge is -2.23. The normalized spacial score (nSPS) is 19.9. The molecule has 4 rings (SSSR count). The zero-order chi connectivity index (χ0) is 24.2. The van der Waals surface area contributed by atoms with Crippen LogP contribution >= 0.6 is 0 Å². The topological polar surface area (TPSA) is 117 Å². The van der Waals surface area contributed by atoms with Crippen molar-refractivity contribution < 1.29 is 29.0 Å². The molecule has 3 atom stereocenters. The molecule has 1 heterocycles. The van der Waals surface area contributed by atoms with Crippen molar-refractivity contribution in [2.45, 2.75) is 30.5 Å². The third-order valence-corrected chi connectivity index (χ3v) is 6.16. The molecule has 180 valence electrons. The van der Waals surface area contributed by atoms with E-state index in [4.69, 9.17) is 9.47 Å². The molecular weight excluding hydrogens is 438 g/mol. The van der Waals surface area contributed by atoms with Crippen LogP contribution in [0.25, 0.3) is 11.1 Å². The summed E-state index contributed by atoms with van der Waals surface area (Å²) in [5.74, 6) is -1.78. The quantitative estimate of drug-likeness (QED) is 0.542. The third-order valence-electron chi connectivity index (χ3n) is 6.16. The summed E-state index contributed by atoms with van der Waals surface area (Å²) in [7, 11) is 3.44. The molecule has 2 aromatic rings. The predicted molar refractivity (Wildman–Crippen MR) is 124 cm³/mol. The summed E-state index contributed by atoms with van der Waals surface area (Å²) in [5.41, 5.74) is 4.50. The number of nitrogens with one attached hydrogen (secondary N) is 2. The fourth-order valence-electron chi connectivity index (χ4n) is 4.59. The van der Waals surface area contributed by atoms with Crippen molar-refractivity contribution in [3.63, 3.8) is 0 Å². The second-order valence-corrected chi connectivity index (χ2v) is 8.82. The number of hydrogen-bond donors (Lipinski definition) is 3. The van der Waals surface area contributed by atoms with Crippen LogP contribution in [-0.4, -0.2) is 80.0 Å². The minimum Gasteiger partial charge on any atom is -0.480 e. The first-order chi connectivity index (χ1) is 16.3. The number of benzene rings is 2. The number of carboxylic acids is 1. The zero-order valence-electron chi connectivity index (χ0n) is 19.2. The Balaban J connectivity index is 1.36. The number of likely N-dealkylation sites (N-methyl/N-ethyl adjacent to an activating group) is 1. The molecule has 2 aromatic carbocycles. The largest absolute Gasteiger partial charge is 0.480 e. The number of carbonyl (C=O) groups excluding carboxylic acids is 2. The van der Waals surface area contributed by atoms with Crippen LogP contribution in [-0.2, 0) is 19.1 Å². The molecule has 0 spiro atoms. The Morgan fingerprint density at radius 1 is 1.09 bits per heavy atom. The van der Waals surface area contributed by atoms with Crippen LogP contribution in [0, 0.1) is 0 Å². The van der Waals surface area contributed by atoms with Gasteiger partial charge in [0.25, 0.3) is 5.91 Å². The van der Waals surface area contributed by atoms with Gasteiger partial charge in [0, 0.05) is 19.1 Å². The van der Waals surface area contributed by atoms with Gasteiger partial charge >= 0.3 is 12.1 Å². The van der Waals surface area contributed by atoms with Crippen molar-refractivity contribution in [3.8, 4) is 11.1 Å². The van der Waals surface area contributed by atoms with E-state index < -0.39 is 36.2 Å². The van der Waals surface area contributed by atoms with Gasteiger partial charge in [-0.25, -0.2) is 9.59 Å². The molecule has 3 N–H and O–H groups in total. The summed E-state index contributed by atoms with van der Waals surface area (Å²) in [6.45, 7) is 0.574. The van der Waals surface area contributed by atoms with Crippen molar-refractivity contribution in [3.05, 3.63) is 59.7 Å². The van der Waals surface area contributed by atoms with E-state index in [1.165, 1.54) is 0 Å². The Kier molecular flexibility index (Phi) is 7.14. The highest BCUT2D eigenvalue weighted by Crippen LogP contribution is 2.44.